The Morgan fingerprint density at radius 2 is 1.91 bits per heavy atom. The molecule has 2 aromatic heterocycles. The summed E-state index contributed by atoms with van der Waals surface area (Å²) in [5.41, 5.74) is 3.77. The number of pyridine rings is 1. The fourth-order valence-electron chi connectivity index (χ4n) is 4.00. The Bertz CT molecular complexity index is 1220. The first-order chi connectivity index (χ1) is 16.5. The Morgan fingerprint density at radius 3 is 2.51 bits per heavy atom. The number of ether oxygens (including phenoxy) is 1. The fourth-order valence-corrected chi connectivity index (χ4v) is 4.00. The molecule has 0 amide bonds. The number of hydrogen-bond acceptors (Lipinski definition) is 7. The van der Waals surface area contributed by atoms with Gasteiger partial charge in [0.25, 0.3) is 5.56 Å². The third-order valence-corrected chi connectivity index (χ3v) is 5.90. The summed E-state index contributed by atoms with van der Waals surface area (Å²) >= 11 is 0. The lowest BCUT2D eigenvalue weighted by Gasteiger charge is -2.21. The first-order valence-electron chi connectivity index (χ1n) is 11.9. The summed E-state index contributed by atoms with van der Waals surface area (Å²) in [4.78, 5) is 29.4. The molecule has 9 nitrogen and oxygen atoms in total. The van der Waals surface area contributed by atoms with Crippen LogP contribution in [0.25, 0.3) is 22.4 Å². The van der Waals surface area contributed by atoms with Crippen molar-refractivity contribution in [3.63, 3.8) is 0 Å². The number of carbonyl (C=O) groups is 1. The van der Waals surface area contributed by atoms with Crippen molar-refractivity contribution >= 4 is 17.0 Å². The molecule has 3 aromatic rings. The highest BCUT2D eigenvalue weighted by Crippen LogP contribution is 2.29. The molecule has 0 saturated carbocycles. The number of aryl methyl sites for hydroxylation is 2. The fraction of sp³-hybridized carbons (Fsp3) is 0.500. The van der Waals surface area contributed by atoms with E-state index in [1.54, 1.807) is 27.1 Å². The lowest BCUT2D eigenvalue weighted by Crippen LogP contribution is -2.45. The van der Waals surface area contributed by atoms with Crippen LogP contribution in [0.4, 0.5) is 0 Å². The van der Waals surface area contributed by atoms with Crippen LogP contribution in [-0.4, -0.2) is 55.7 Å². The van der Waals surface area contributed by atoms with Crippen molar-refractivity contribution in [2.45, 2.75) is 59.4 Å². The number of carbonyl (C=O) groups excluding carboxylic acids is 1. The molecule has 0 bridgehead atoms. The van der Waals surface area contributed by atoms with Crippen molar-refractivity contribution in [3.05, 3.63) is 51.9 Å². The number of rotatable bonds is 10. The normalized spacial score (nSPS) is 14.3. The molecule has 3 unspecified atom stereocenters. The molecule has 0 aliphatic rings. The molecule has 0 aliphatic heterocycles. The molecule has 1 aromatic carbocycles. The Labute approximate surface area is 205 Å². The van der Waals surface area contributed by atoms with Crippen LogP contribution in [0, 0.1) is 12.8 Å². The number of benzene rings is 1. The quantitative estimate of drug-likeness (QED) is 0.378. The van der Waals surface area contributed by atoms with Crippen molar-refractivity contribution < 1.29 is 19.7 Å². The summed E-state index contributed by atoms with van der Waals surface area (Å²) in [6, 6.07) is 6.50. The van der Waals surface area contributed by atoms with Crippen LogP contribution >= 0.6 is 0 Å². The zero-order valence-corrected chi connectivity index (χ0v) is 21.3. The zero-order valence-electron chi connectivity index (χ0n) is 21.3. The highest BCUT2D eigenvalue weighted by molar-refractivity contribution is 5.81. The smallest absolute Gasteiger partial charge is 0.325 e. The van der Waals surface area contributed by atoms with Gasteiger partial charge in [-0.05, 0) is 50.5 Å². The van der Waals surface area contributed by atoms with Gasteiger partial charge in [-0.25, -0.2) is 4.98 Å². The molecule has 3 N–H and O–H groups in total. The maximum Gasteiger partial charge on any atom is 0.325 e. The third-order valence-electron chi connectivity index (χ3n) is 5.90. The van der Waals surface area contributed by atoms with E-state index in [0.717, 1.165) is 22.2 Å². The van der Waals surface area contributed by atoms with Crippen LogP contribution in [0.5, 0.6) is 0 Å². The van der Waals surface area contributed by atoms with E-state index in [0.29, 0.717) is 24.5 Å². The van der Waals surface area contributed by atoms with E-state index in [4.69, 9.17) is 9.72 Å². The standard InChI is InChI=1S/C26H36N4O5/c1-15(2)14-35-26(34)23(18(5)32)27-11-19-7-8-22-21(10-19)28-24(30(22)17(4)13-31)20-9-16(3)25(33)29(6)12-20/h7-10,12,15,17-18,23,27,31-32H,11,13-14H2,1-6H3. The molecular formula is C26H36N4O5. The van der Waals surface area contributed by atoms with Gasteiger partial charge in [0.2, 0.25) is 0 Å². The second kappa shape index (κ2) is 11.2. The van der Waals surface area contributed by atoms with Crippen LogP contribution in [0.1, 0.15) is 44.9 Å². The summed E-state index contributed by atoms with van der Waals surface area (Å²) in [5, 5.41) is 23.1. The second-order valence-corrected chi connectivity index (χ2v) is 9.61. The summed E-state index contributed by atoms with van der Waals surface area (Å²) in [7, 11) is 1.70. The third kappa shape index (κ3) is 5.98. The van der Waals surface area contributed by atoms with Crippen LogP contribution in [0.15, 0.2) is 35.3 Å². The molecule has 2 heterocycles. The number of aromatic nitrogens is 3. The van der Waals surface area contributed by atoms with Gasteiger partial charge in [-0.1, -0.05) is 19.9 Å². The number of aliphatic hydroxyl groups is 2. The summed E-state index contributed by atoms with van der Waals surface area (Å²) in [6.07, 6.45) is 0.831. The number of fused-ring (bicyclic) bond motifs is 1. The summed E-state index contributed by atoms with van der Waals surface area (Å²) < 4.78 is 8.79. The largest absolute Gasteiger partial charge is 0.464 e. The van der Waals surface area contributed by atoms with E-state index in [9.17, 15) is 19.8 Å². The van der Waals surface area contributed by atoms with Crippen LogP contribution in [0.3, 0.4) is 0 Å². The Balaban J connectivity index is 1.94. The van der Waals surface area contributed by atoms with Gasteiger partial charge >= 0.3 is 5.97 Å². The molecule has 0 saturated heterocycles. The maximum absolute atomic E-state index is 12.4. The number of esters is 1. The Morgan fingerprint density at radius 1 is 1.20 bits per heavy atom. The monoisotopic (exact) mass is 484 g/mol. The molecule has 0 aliphatic carbocycles. The van der Waals surface area contributed by atoms with Gasteiger partial charge in [0.15, 0.2) is 0 Å². The van der Waals surface area contributed by atoms with Gasteiger partial charge in [0.05, 0.1) is 36.4 Å². The minimum absolute atomic E-state index is 0.0684. The number of hydrogen-bond donors (Lipinski definition) is 3. The molecule has 9 heteroatoms. The van der Waals surface area contributed by atoms with Gasteiger partial charge in [-0.2, -0.15) is 0 Å². The van der Waals surface area contributed by atoms with Crippen LogP contribution < -0.4 is 10.9 Å². The number of nitrogens with one attached hydrogen (secondary N) is 1. The molecule has 0 radical (unpaired) electrons. The summed E-state index contributed by atoms with van der Waals surface area (Å²) in [6.45, 7) is 9.69. The predicted molar refractivity (Wildman–Crippen MR) is 135 cm³/mol. The van der Waals surface area contributed by atoms with Crippen molar-refractivity contribution in [2.24, 2.45) is 13.0 Å². The highest BCUT2D eigenvalue weighted by atomic mass is 16.5. The van der Waals surface area contributed by atoms with E-state index in [1.807, 2.05) is 49.6 Å². The Kier molecular flexibility index (Phi) is 8.47. The SMILES string of the molecule is Cc1cc(-c2nc3cc(CNC(C(=O)OCC(C)C)C(C)O)ccc3n2C(C)CO)cn(C)c1=O. The van der Waals surface area contributed by atoms with Crippen molar-refractivity contribution in [1.82, 2.24) is 19.4 Å². The number of aliphatic hydroxyl groups excluding tert-OH is 2. The average Bonchev–Trinajstić information content (AvgIpc) is 3.19. The van der Waals surface area contributed by atoms with Crippen LogP contribution in [-0.2, 0) is 23.1 Å². The molecule has 190 valence electrons. The van der Waals surface area contributed by atoms with Gasteiger partial charge in [0.1, 0.15) is 11.9 Å². The minimum Gasteiger partial charge on any atom is -0.464 e. The van der Waals surface area contributed by atoms with E-state index < -0.39 is 18.1 Å². The van der Waals surface area contributed by atoms with Gasteiger partial charge < -0.3 is 24.1 Å². The second-order valence-electron chi connectivity index (χ2n) is 9.61. The minimum atomic E-state index is -0.914. The van der Waals surface area contributed by atoms with E-state index in [1.165, 1.54) is 4.57 Å². The number of nitrogens with zero attached hydrogens (tertiary/aromatic N) is 3. The predicted octanol–water partition coefficient (Wildman–Crippen LogP) is 2.30. The molecule has 3 atom stereocenters. The lowest BCUT2D eigenvalue weighted by atomic mass is 10.1. The van der Waals surface area contributed by atoms with Crippen molar-refractivity contribution in [2.75, 3.05) is 13.2 Å². The van der Waals surface area contributed by atoms with Gasteiger partial charge in [-0.3, -0.25) is 14.9 Å². The first kappa shape index (κ1) is 26.6. The molecule has 3 rings (SSSR count). The van der Waals surface area contributed by atoms with E-state index in [-0.39, 0.29) is 24.1 Å². The maximum atomic E-state index is 12.4. The zero-order chi connectivity index (χ0) is 25.9. The van der Waals surface area contributed by atoms with Crippen LogP contribution in [0.2, 0.25) is 0 Å². The first-order valence-corrected chi connectivity index (χ1v) is 11.9. The topological polar surface area (TPSA) is 119 Å². The summed E-state index contributed by atoms with van der Waals surface area (Å²) in [5.74, 6) is 0.380. The molecule has 35 heavy (non-hydrogen) atoms. The molecular weight excluding hydrogens is 448 g/mol. The van der Waals surface area contributed by atoms with E-state index in [2.05, 4.69) is 5.32 Å². The average molecular weight is 485 g/mol. The van der Waals surface area contributed by atoms with Crippen molar-refractivity contribution in [1.29, 1.82) is 0 Å². The Hall–Kier alpha value is -3.01. The van der Waals surface area contributed by atoms with E-state index >= 15 is 0 Å². The number of imidazole rings is 1. The van der Waals surface area contributed by atoms with Gasteiger partial charge in [-0.15, -0.1) is 0 Å². The lowest BCUT2D eigenvalue weighted by molar-refractivity contribution is -0.150. The van der Waals surface area contributed by atoms with Gasteiger partial charge in [0, 0.05) is 30.9 Å². The van der Waals surface area contributed by atoms with Crippen molar-refractivity contribution in [3.8, 4) is 11.4 Å². The molecule has 0 fully saturated rings. The highest BCUT2D eigenvalue weighted by Gasteiger charge is 2.25. The molecule has 0 spiro atoms.